The van der Waals surface area contributed by atoms with Crippen molar-refractivity contribution < 1.29 is 30.0 Å². The van der Waals surface area contributed by atoms with E-state index in [-0.39, 0.29) is 32.2 Å². The van der Waals surface area contributed by atoms with Gasteiger partial charge in [0.25, 0.3) is 11.8 Å². The third kappa shape index (κ3) is 11.3. The summed E-state index contributed by atoms with van der Waals surface area (Å²) < 4.78 is 0. The molecule has 2 amide bonds. The number of rotatable bonds is 10. The van der Waals surface area contributed by atoms with E-state index < -0.39 is 0 Å². The second-order valence-corrected chi connectivity index (χ2v) is 11.9. The minimum atomic E-state index is -0.247. The molecule has 6 rings (SSSR count). The van der Waals surface area contributed by atoms with Gasteiger partial charge < -0.3 is 0 Å². The van der Waals surface area contributed by atoms with Crippen LogP contribution in [-0.2, 0) is 30.0 Å². The molecular formula is C46H42N6O2Pd. The zero-order valence-corrected chi connectivity index (χ0v) is 32.7. The number of nitrogens with zero attached hydrogens (tertiary/aromatic N) is 6. The maximum Gasteiger partial charge on any atom is 0.272 e. The summed E-state index contributed by atoms with van der Waals surface area (Å²) >= 11 is 0. The Labute approximate surface area is 337 Å². The number of carbonyl (C=O) groups excluding carboxylic acids is 2. The summed E-state index contributed by atoms with van der Waals surface area (Å²) in [4.78, 5) is 34.3. The molecule has 0 aliphatic carbocycles. The molecule has 0 unspecified atom stereocenters. The van der Waals surface area contributed by atoms with Gasteiger partial charge in [0.1, 0.15) is 0 Å². The summed E-state index contributed by atoms with van der Waals surface area (Å²) in [5, 5.41) is 12.2. The Balaban J connectivity index is 0.000000240. The molecule has 8 nitrogen and oxygen atoms in total. The molecule has 0 bridgehead atoms. The van der Waals surface area contributed by atoms with Crippen molar-refractivity contribution in [1.82, 2.24) is 9.97 Å². The molecule has 0 radical (unpaired) electrons. The first-order valence-electron chi connectivity index (χ1n) is 17.6. The molecule has 0 aliphatic heterocycles. The van der Waals surface area contributed by atoms with Crippen LogP contribution in [-0.4, -0.2) is 33.2 Å². The Morgan fingerprint density at radius 3 is 1.02 bits per heavy atom. The van der Waals surface area contributed by atoms with E-state index in [0.717, 1.165) is 33.4 Å². The first kappa shape index (κ1) is 41.4. The molecule has 55 heavy (non-hydrogen) atoms. The quantitative estimate of drug-likeness (QED) is 0.0597. The zero-order chi connectivity index (χ0) is 38.1. The molecule has 0 saturated heterocycles. The first-order chi connectivity index (χ1) is 26.4. The molecule has 0 saturated carbocycles. The van der Waals surface area contributed by atoms with E-state index in [1.54, 1.807) is 38.4 Å². The summed E-state index contributed by atoms with van der Waals surface area (Å²) in [6.07, 6.45) is 9.72. The van der Waals surface area contributed by atoms with Crippen LogP contribution in [0.1, 0.15) is 47.2 Å². The smallest absolute Gasteiger partial charge is 0.267 e. The van der Waals surface area contributed by atoms with Gasteiger partial charge in [-0.2, -0.15) is 20.2 Å². The Morgan fingerprint density at radius 1 is 0.473 bits per heavy atom. The van der Waals surface area contributed by atoms with Crippen molar-refractivity contribution in [3.05, 3.63) is 216 Å². The Morgan fingerprint density at radius 2 is 0.764 bits per heavy atom. The number of pyridine rings is 2. The van der Waals surface area contributed by atoms with Crippen LogP contribution in [0.5, 0.6) is 0 Å². The number of amides is 2. The Bertz CT molecular complexity index is 2010. The van der Waals surface area contributed by atoms with Crippen LogP contribution >= 0.6 is 0 Å². The predicted molar refractivity (Wildman–Crippen MR) is 220 cm³/mol. The standard InChI is InChI=1S/2C23H21N3O.Pd/c2*1-3-11-21(27)26(23-18(2)12-10-17-24-23)25-22(19-13-6-4-7-14-19)20-15-8-5-9-16-20;/h2*3-17H,1-2H3;/b2*11-3+;. The van der Waals surface area contributed by atoms with Gasteiger partial charge in [-0.25, -0.2) is 9.97 Å². The van der Waals surface area contributed by atoms with Crippen LogP contribution in [0.2, 0.25) is 0 Å². The molecular weight excluding hydrogens is 775 g/mol. The maximum atomic E-state index is 12.8. The van der Waals surface area contributed by atoms with Crippen molar-refractivity contribution in [2.24, 2.45) is 10.2 Å². The van der Waals surface area contributed by atoms with Crippen molar-refractivity contribution >= 4 is 34.9 Å². The number of hydrogen-bond donors (Lipinski definition) is 0. The van der Waals surface area contributed by atoms with Gasteiger partial charge in [-0.3, -0.25) is 9.59 Å². The van der Waals surface area contributed by atoms with Gasteiger partial charge in [0.15, 0.2) is 11.6 Å². The van der Waals surface area contributed by atoms with Crippen molar-refractivity contribution in [3.63, 3.8) is 0 Å². The molecule has 278 valence electrons. The average Bonchev–Trinajstić information content (AvgIpc) is 3.21. The van der Waals surface area contributed by atoms with Crippen molar-refractivity contribution in [2.45, 2.75) is 27.7 Å². The van der Waals surface area contributed by atoms with Crippen LogP contribution in [0.4, 0.5) is 11.6 Å². The molecule has 2 aromatic heterocycles. The third-order valence-corrected chi connectivity index (χ3v) is 7.99. The number of hydrogen-bond acceptors (Lipinski definition) is 6. The normalized spacial score (nSPS) is 10.4. The predicted octanol–water partition coefficient (Wildman–Crippen LogP) is 9.50. The van der Waals surface area contributed by atoms with Gasteiger partial charge in [-0.1, -0.05) is 146 Å². The molecule has 6 aromatic rings. The van der Waals surface area contributed by atoms with Gasteiger partial charge in [-0.15, -0.1) is 0 Å². The number of benzene rings is 4. The van der Waals surface area contributed by atoms with Gasteiger partial charge in [0.2, 0.25) is 0 Å². The summed E-state index contributed by atoms with van der Waals surface area (Å²) in [7, 11) is 0. The summed E-state index contributed by atoms with van der Waals surface area (Å²) in [6, 6.07) is 46.8. The molecule has 0 N–H and O–H groups in total. The molecule has 4 aromatic carbocycles. The van der Waals surface area contributed by atoms with Crippen LogP contribution in [0.25, 0.3) is 0 Å². The average molecular weight is 817 g/mol. The minimum absolute atomic E-state index is 0. The topological polar surface area (TPSA) is 91.1 Å². The van der Waals surface area contributed by atoms with Crippen LogP contribution in [0.3, 0.4) is 0 Å². The monoisotopic (exact) mass is 816 g/mol. The molecule has 2 heterocycles. The van der Waals surface area contributed by atoms with Crippen LogP contribution < -0.4 is 10.0 Å². The zero-order valence-electron chi connectivity index (χ0n) is 31.1. The minimum Gasteiger partial charge on any atom is -0.267 e. The summed E-state index contributed by atoms with van der Waals surface area (Å²) in [5.41, 5.74) is 6.87. The van der Waals surface area contributed by atoms with Crippen molar-refractivity contribution in [2.75, 3.05) is 10.0 Å². The van der Waals surface area contributed by atoms with Crippen LogP contribution in [0, 0.1) is 13.8 Å². The largest absolute Gasteiger partial charge is 0.272 e. The molecule has 0 aliphatic rings. The fourth-order valence-corrected chi connectivity index (χ4v) is 5.37. The van der Waals surface area contributed by atoms with Crippen LogP contribution in [0.15, 0.2) is 192 Å². The summed E-state index contributed by atoms with van der Waals surface area (Å²) in [6.45, 7) is 7.44. The van der Waals surface area contributed by atoms with Crippen molar-refractivity contribution in [3.8, 4) is 0 Å². The number of aryl methyl sites for hydroxylation is 2. The third-order valence-electron chi connectivity index (χ3n) is 7.99. The van der Waals surface area contributed by atoms with Gasteiger partial charge in [0, 0.05) is 67.2 Å². The summed E-state index contributed by atoms with van der Waals surface area (Å²) in [5.74, 6) is 0.544. The van der Waals surface area contributed by atoms with Gasteiger partial charge in [0.05, 0.1) is 11.4 Å². The molecule has 0 spiro atoms. The van der Waals surface area contributed by atoms with E-state index in [1.807, 2.05) is 159 Å². The van der Waals surface area contributed by atoms with E-state index in [0.29, 0.717) is 23.1 Å². The van der Waals surface area contributed by atoms with Crippen molar-refractivity contribution in [1.29, 1.82) is 0 Å². The first-order valence-corrected chi connectivity index (χ1v) is 17.6. The fraction of sp³-hybridized carbons (Fsp3) is 0.0870. The number of carbonyl (C=O) groups is 2. The molecule has 0 fully saturated rings. The number of anilines is 2. The van der Waals surface area contributed by atoms with E-state index >= 15 is 0 Å². The second kappa shape index (κ2) is 21.3. The second-order valence-electron chi connectivity index (χ2n) is 11.9. The maximum absolute atomic E-state index is 12.8. The number of aromatic nitrogens is 2. The Hall–Kier alpha value is -6.40. The Kier molecular flexibility index (Phi) is 16.0. The van der Waals surface area contributed by atoms with E-state index in [1.165, 1.54) is 22.2 Å². The van der Waals surface area contributed by atoms with E-state index in [9.17, 15) is 9.59 Å². The molecule has 9 heteroatoms. The van der Waals surface area contributed by atoms with Gasteiger partial charge in [-0.05, 0) is 51.0 Å². The van der Waals surface area contributed by atoms with Gasteiger partial charge >= 0.3 is 0 Å². The fourth-order valence-electron chi connectivity index (χ4n) is 5.37. The number of hydrazone groups is 2. The number of allylic oxidation sites excluding steroid dienone is 2. The SMILES string of the molecule is C/C=C/C(=O)N(N=C(c1ccccc1)c1ccccc1)c1ncccc1C.C/C=C/C(=O)N(N=C(c1ccccc1)c1ccccc1)c1ncccc1C.[Pd]. The molecule has 0 atom stereocenters. The van der Waals surface area contributed by atoms with E-state index in [4.69, 9.17) is 10.2 Å². The van der Waals surface area contributed by atoms with E-state index in [2.05, 4.69) is 9.97 Å².